The monoisotopic (exact) mass is 397 g/mol. The highest BCUT2D eigenvalue weighted by atomic mass is 32.2. The summed E-state index contributed by atoms with van der Waals surface area (Å²) in [7, 11) is -3.63. The maximum Gasteiger partial charge on any atom is 0.263 e. The van der Waals surface area contributed by atoms with Gasteiger partial charge in [-0.25, -0.2) is 8.42 Å². The van der Waals surface area contributed by atoms with Crippen molar-refractivity contribution in [3.63, 3.8) is 0 Å². The van der Waals surface area contributed by atoms with Crippen LogP contribution in [0.3, 0.4) is 0 Å². The van der Waals surface area contributed by atoms with Gasteiger partial charge in [0.1, 0.15) is 11.9 Å². The second kappa shape index (κ2) is 7.05. The third-order valence-corrected chi connectivity index (χ3v) is 6.68. The number of fused-ring (bicyclic) bond motifs is 2. The summed E-state index contributed by atoms with van der Waals surface area (Å²) in [5.41, 5.74) is 2.92. The van der Waals surface area contributed by atoms with E-state index in [1.54, 1.807) is 24.3 Å². The maximum absolute atomic E-state index is 13.0. The number of hydrogen-bond donors (Lipinski definition) is 2. The molecule has 0 spiro atoms. The molecule has 2 aromatic rings. The maximum atomic E-state index is 13.0. The average molecular weight is 398 g/mol. The van der Waals surface area contributed by atoms with Gasteiger partial charge in [-0.3, -0.25) is 14.5 Å². The Labute approximate surface area is 165 Å². The third kappa shape index (κ3) is 3.30. The van der Waals surface area contributed by atoms with E-state index in [9.17, 15) is 13.2 Å². The summed E-state index contributed by atoms with van der Waals surface area (Å²) < 4.78 is 27.1. The molecule has 2 aromatic carbocycles. The number of aliphatic imine (C=N–C) groups is 1. The number of nitrogens with zero attached hydrogens (tertiary/aromatic N) is 1. The number of nitrogens with one attached hydrogen (secondary N) is 2. The molecule has 2 aliphatic rings. The van der Waals surface area contributed by atoms with E-state index in [0.29, 0.717) is 5.56 Å². The first kappa shape index (κ1) is 18.7. The minimum absolute atomic E-state index is 0.0299. The van der Waals surface area contributed by atoms with E-state index >= 15 is 0 Å². The van der Waals surface area contributed by atoms with Gasteiger partial charge in [-0.15, -0.1) is 0 Å². The summed E-state index contributed by atoms with van der Waals surface area (Å²) in [5.74, 6) is -0.0366. The summed E-state index contributed by atoms with van der Waals surface area (Å²) in [5, 5.41) is 3.11. The van der Waals surface area contributed by atoms with E-state index in [4.69, 9.17) is 0 Å². The Balaban J connectivity index is 1.61. The van der Waals surface area contributed by atoms with Gasteiger partial charge >= 0.3 is 0 Å². The predicted molar refractivity (Wildman–Crippen MR) is 108 cm³/mol. The number of rotatable bonds is 4. The fourth-order valence-corrected chi connectivity index (χ4v) is 5.08. The molecule has 0 saturated heterocycles. The van der Waals surface area contributed by atoms with Gasteiger partial charge in [-0.05, 0) is 42.0 Å². The van der Waals surface area contributed by atoms with Crippen molar-refractivity contribution in [2.45, 2.75) is 43.7 Å². The molecule has 1 aliphatic heterocycles. The Kier molecular flexibility index (Phi) is 4.71. The number of benzene rings is 2. The quantitative estimate of drug-likeness (QED) is 0.831. The largest absolute Gasteiger partial charge is 0.347 e. The molecular weight excluding hydrogens is 374 g/mol. The van der Waals surface area contributed by atoms with Gasteiger partial charge in [0.2, 0.25) is 5.91 Å². The average Bonchev–Trinajstić information content (AvgIpc) is 3.18. The molecule has 1 amide bonds. The van der Waals surface area contributed by atoms with E-state index in [-0.39, 0.29) is 28.6 Å². The molecule has 0 saturated carbocycles. The van der Waals surface area contributed by atoms with Crippen LogP contribution in [0, 0.1) is 5.92 Å². The Hall–Kier alpha value is -2.67. The van der Waals surface area contributed by atoms with Crippen molar-refractivity contribution in [2.24, 2.45) is 10.9 Å². The predicted octanol–water partition coefficient (Wildman–Crippen LogP) is 2.55. The number of amides is 1. The number of aryl methyl sites for hydroxylation is 1. The van der Waals surface area contributed by atoms with Crippen LogP contribution in [-0.4, -0.2) is 26.2 Å². The first-order valence-electron chi connectivity index (χ1n) is 9.45. The highest BCUT2D eigenvalue weighted by Crippen LogP contribution is 2.31. The SMILES string of the molecule is CC(C)[C@H](N=C1NS(=O)(=O)c2ccccc21)C(=O)N[C@H]1CCc2ccccc21. The second-order valence-electron chi connectivity index (χ2n) is 7.57. The van der Waals surface area contributed by atoms with E-state index in [0.717, 1.165) is 18.4 Å². The summed E-state index contributed by atoms with van der Waals surface area (Å²) in [6, 6.07) is 14.1. The van der Waals surface area contributed by atoms with Gasteiger partial charge in [0.05, 0.1) is 10.9 Å². The molecule has 2 atom stereocenters. The number of hydrogen-bond acceptors (Lipinski definition) is 4. The zero-order valence-electron chi connectivity index (χ0n) is 15.8. The lowest BCUT2D eigenvalue weighted by Crippen LogP contribution is -2.39. The minimum atomic E-state index is -3.63. The van der Waals surface area contributed by atoms with Gasteiger partial charge in [-0.1, -0.05) is 50.2 Å². The third-order valence-electron chi connectivity index (χ3n) is 5.28. The van der Waals surface area contributed by atoms with Crippen molar-refractivity contribution in [1.82, 2.24) is 10.0 Å². The van der Waals surface area contributed by atoms with Gasteiger partial charge < -0.3 is 5.32 Å². The highest BCUT2D eigenvalue weighted by molar-refractivity contribution is 7.90. The molecule has 0 aromatic heterocycles. The lowest BCUT2D eigenvalue weighted by molar-refractivity contribution is -0.123. The molecule has 4 rings (SSSR count). The molecule has 1 aliphatic carbocycles. The normalized spacial score (nSPS) is 21.8. The lowest BCUT2D eigenvalue weighted by atomic mass is 10.0. The van der Waals surface area contributed by atoms with Gasteiger partial charge in [0, 0.05) is 5.56 Å². The van der Waals surface area contributed by atoms with Crippen LogP contribution in [0.1, 0.15) is 43.0 Å². The van der Waals surface area contributed by atoms with Crippen LogP contribution in [0.5, 0.6) is 0 Å². The van der Waals surface area contributed by atoms with Crippen molar-refractivity contribution in [1.29, 1.82) is 0 Å². The molecule has 0 bridgehead atoms. The van der Waals surface area contributed by atoms with Crippen LogP contribution in [0.4, 0.5) is 0 Å². The number of carbonyl (C=O) groups is 1. The first-order chi connectivity index (χ1) is 13.4. The molecule has 7 heteroatoms. The molecule has 6 nitrogen and oxygen atoms in total. The molecule has 1 heterocycles. The van der Waals surface area contributed by atoms with Crippen LogP contribution >= 0.6 is 0 Å². The van der Waals surface area contributed by atoms with Gasteiger partial charge in [-0.2, -0.15) is 0 Å². The van der Waals surface area contributed by atoms with Crippen molar-refractivity contribution in [3.05, 3.63) is 65.2 Å². The standard InChI is InChI=1S/C21H23N3O3S/c1-13(2)19(21(25)22-17-12-11-14-7-3-4-8-15(14)17)23-20-16-9-5-6-10-18(16)28(26,27)24-20/h3-10,13,17,19H,11-12H2,1-2H3,(H,22,25)(H,23,24)/t17-,19-/m0/s1. The Morgan fingerprint density at radius 3 is 2.64 bits per heavy atom. The highest BCUT2D eigenvalue weighted by Gasteiger charge is 2.33. The van der Waals surface area contributed by atoms with Gasteiger partial charge in [0.15, 0.2) is 0 Å². The van der Waals surface area contributed by atoms with E-state index < -0.39 is 16.1 Å². The van der Waals surface area contributed by atoms with E-state index in [1.165, 1.54) is 5.56 Å². The van der Waals surface area contributed by atoms with Crippen LogP contribution in [0.25, 0.3) is 0 Å². The van der Waals surface area contributed by atoms with Crippen LogP contribution in [0.15, 0.2) is 58.4 Å². The fourth-order valence-electron chi connectivity index (χ4n) is 3.84. The van der Waals surface area contributed by atoms with Gasteiger partial charge in [0.25, 0.3) is 10.0 Å². The smallest absolute Gasteiger partial charge is 0.263 e. The van der Waals surface area contributed by atoms with Crippen LogP contribution in [0.2, 0.25) is 0 Å². The van der Waals surface area contributed by atoms with Crippen LogP contribution in [-0.2, 0) is 21.2 Å². The Morgan fingerprint density at radius 1 is 1.14 bits per heavy atom. The summed E-state index contributed by atoms with van der Waals surface area (Å²) in [4.78, 5) is 17.7. The fraction of sp³-hybridized carbons (Fsp3) is 0.333. The van der Waals surface area contributed by atoms with E-state index in [1.807, 2.05) is 32.0 Å². The molecule has 146 valence electrons. The number of sulfonamides is 1. The molecular formula is C21H23N3O3S. The van der Waals surface area contributed by atoms with E-state index in [2.05, 4.69) is 21.1 Å². The molecule has 0 radical (unpaired) electrons. The first-order valence-corrected chi connectivity index (χ1v) is 10.9. The summed E-state index contributed by atoms with van der Waals surface area (Å²) in [6.07, 6.45) is 1.80. The minimum Gasteiger partial charge on any atom is -0.347 e. The second-order valence-corrected chi connectivity index (χ2v) is 9.22. The van der Waals surface area contributed by atoms with Crippen molar-refractivity contribution >= 4 is 21.8 Å². The van der Waals surface area contributed by atoms with Crippen molar-refractivity contribution in [2.75, 3.05) is 0 Å². The van der Waals surface area contributed by atoms with Crippen LogP contribution < -0.4 is 10.0 Å². The van der Waals surface area contributed by atoms with Crippen molar-refractivity contribution in [3.8, 4) is 0 Å². The zero-order valence-corrected chi connectivity index (χ0v) is 16.7. The summed E-state index contributed by atoms with van der Waals surface area (Å²) in [6.45, 7) is 3.82. The topological polar surface area (TPSA) is 87.6 Å². The molecule has 2 N–H and O–H groups in total. The Bertz CT molecular complexity index is 1060. The Morgan fingerprint density at radius 2 is 1.86 bits per heavy atom. The zero-order chi connectivity index (χ0) is 19.9. The summed E-state index contributed by atoms with van der Waals surface area (Å²) >= 11 is 0. The molecule has 28 heavy (non-hydrogen) atoms. The molecule has 0 fully saturated rings. The molecule has 0 unspecified atom stereocenters. The number of carbonyl (C=O) groups excluding carboxylic acids is 1. The number of amidine groups is 1. The lowest BCUT2D eigenvalue weighted by Gasteiger charge is -2.21. The van der Waals surface area contributed by atoms with Crippen molar-refractivity contribution < 1.29 is 13.2 Å².